The fourth-order valence-corrected chi connectivity index (χ4v) is 3.29. The molecule has 0 aliphatic heterocycles. The third-order valence-electron chi connectivity index (χ3n) is 3.51. The Kier molecular flexibility index (Phi) is 9.30. The van der Waals surface area contributed by atoms with E-state index in [1.54, 1.807) is 24.3 Å². The van der Waals surface area contributed by atoms with Gasteiger partial charge in [0.2, 0.25) is 15.9 Å². The molecule has 0 radical (unpaired) electrons. The molecule has 0 unspecified atom stereocenters. The Morgan fingerprint density at radius 2 is 1.96 bits per heavy atom. The van der Waals surface area contributed by atoms with Crippen molar-refractivity contribution in [1.29, 1.82) is 0 Å². The van der Waals surface area contributed by atoms with E-state index >= 15 is 0 Å². The minimum atomic E-state index is -3.47. The summed E-state index contributed by atoms with van der Waals surface area (Å²) in [5.41, 5.74) is 0.477. The summed E-state index contributed by atoms with van der Waals surface area (Å²) in [5, 5.41) is 2.80. The van der Waals surface area contributed by atoms with Crippen LogP contribution in [0.2, 0.25) is 0 Å². The predicted octanol–water partition coefficient (Wildman–Crippen LogP) is 1.78. The summed E-state index contributed by atoms with van der Waals surface area (Å²) in [4.78, 5) is 11.8. The summed E-state index contributed by atoms with van der Waals surface area (Å²) in [7, 11) is -1.98. The smallest absolute Gasteiger partial charge is 0.232 e. The molecule has 1 rings (SSSR count). The lowest BCUT2D eigenvalue weighted by Gasteiger charge is -2.24. The summed E-state index contributed by atoms with van der Waals surface area (Å²) < 4.78 is 35.9. The molecule has 0 atom stereocenters. The number of hydrogen-bond acceptors (Lipinski definition) is 5. The number of nitrogens with one attached hydrogen (secondary N) is 1. The van der Waals surface area contributed by atoms with Gasteiger partial charge in [-0.25, -0.2) is 8.42 Å². The van der Waals surface area contributed by atoms with Crippen molar-refractivity contribution >= 4 is 21.6 Å². The number of carbonyl (C=O) groups is 1. The minimum absolute atomic E-state index is 0.0926. The zero-order valence-electron chi connectivity index (χ0n) is 15.2. The van der Waals surface area contributed by atoms with Crippen molar-refractivity contribution in [2.45, 2.75) is 26.2 Å². The Labute approximate surface area is 150 Å². The van der Waals surface area contributed by atoms with Crippen molar-refractivity contribution in [2.75, 3.05) is 44.0 Å². The highest BCUT2D eigenvalue weighted by Crippen LogP contribution is 2.29. The number of rotatable bonds is 12. The van der Waals surface area contributed by atoms with Crippen LogP contribution in [0.5, 0.6) is 5.75 Å². The molecule has 142 valence electrons. The van der Waals surface area contributed by atoms with E-state index in [1.165, 1.54) is 11.4 Å². The largest absolute Gasteiger partial charge is 0.495 e. The van der Waals surface area contributed by atoms with Crippen LogP contribution in [0.15, 0.2) is 24.3 Å². The molecular weight excluding hydrogens is 344 g/mol. The van der Waals surface area contributed by atoms with Crippen molar-refractivity contribution in [3.8, 4) is 5.75 Å². The first-order chi connectivity index (χ1) is 11.9. The number of hydrogen-bond donors (Lipinski definition) is 1. The van der Waals surface area contributed by atoms with Gasteiger partial charge in [0.1, 0.15) is 5.75 Å². The van der Waals surface area contributed by atoms with Gasteiger partial charge in [0.25, 0.3) is 0 Å². The van der Waals surface area contributed by atoms with Crippen LogP contribution in [-0.2, 0) is 19.6 Å². The second kappa shape index (κ2) is 10.9. The molecule has 0 bridgehead atoms. The molecule has 8 heteroatoms. The van der Waals surface area contributed by atoms with Gasteiger partial charge >= 0.3 is 0 Å². The van der Waals surface area contributed by atoms with Crippen LogP contribution in [0, 0.1) is 0 Å². The number of amides is 1. The molecule has 0 aliphatic rings. The molecule has 1 amide bonds. The van der Waals surface area contributed by atoms with Gasteiger partial charge in [-0.3, -0.25) is 9.10 Å². The Morgan fingerprint density at radius 1 is 1.24 bits per heavy atom. The standard InChI is InChI=1S/C17H28N2O5S/c1-4-24-14-8-12-18-17(20)11-7-13-19(25(3,21)22)15-9-5-6-10-16(15)23-2/h5-6,9-10H,4,7-8,11-14H2,1-3H3,(H,18,20). The maximum atomic E-state index is 12.1. The molecule has 0 fully saturated rings. The summed E-state index contributed by atoms with van der Waals surface area (Å²) in [6, 6.07) is 6.92. The summed E-state index contributed by atoms with van der Waals surface area (Å²) >= 11 is 0. The van der Waals surface area contributed by atoms with Gasteiger partial charge in [-0.05, 0) is 31.9 Å². The van der Waals surface area contributed by atoms with Gasteiger partial charge in [-0.15, -0.1) is 0 Å². The van der Waals surface area contributed by atoms with E-state index in [1.807, 2.05) is 6.92 Å². The normalized spacial score (nSPS) is 11.2. The summed E-state index contributed by atoms with van der Waals surface area (Å²) in [5.74, 6) is 0.387. The van der Waals surface area contributed by atoms with Gasteiger partial charge in [0.15, 0.2) is 0 Å². The molecular formula is C17H28N2O5S. The Morgan fingerprint density at radius 3 is 2.60 bits per heavy atom. The molecule has 0 saturated carbocycles. The number of carbonyl (C=O) groups excluding carboxylic acids is 1. The number of sulfonamides is 1. The third kappa shape index (κ3) is 7.74. The molecule has 7 nitrogen and oxygen atoms in total. The van der Waals surface area contributed by atoms with Gasteiger partial charge in [0.05, 0.1) is 19.1 Å². The highest BCUT2D eigenvalue weighted by Gasteiger charge is 2.20. The average Bonchev–Trinajstić information content (AvgIpc) is 2.57. The van der Waals surface area contributed by atoms with E-state index in [4.69, 9.17) is 9.47 Å². The maximum absolute atomic E-state index is 12.1. The van der Waals surface area contributed by atoms with Gasteiger partial charge in [-0.1, -0.05) is 12.1 Å². The van der Waals surface area contributed by atoms with E-state index in [0.717, 1.165) is 12.7 Å². The number of ether oxygens (including phenoxy) is 2. The Hall–Kier alpha value is -1.80. The van der Waals surface area contributed by atoms with Crippen molar-refractivity contribution in [1.82, 2.24) is 5.32 Å². The molecule has 0 aromatic heterocycles. The highest BCUT2D eigenvalue weighted by atomic mass is 32.2. The summed E-state index contributed by atoms with van der Waals surface area (Å²) in [6.45, 7) is 3.98. The molecule has 1 N–H and O–H groups in total. The van der Waals surface area contributed by atoms with Crippen LogP contribution in [-0.4, -0.2) is 54.0 Å². The topological polar surface area (TPSA) is 84.9 Å². The number of anilines is 1. The zero-order valence-corrected chi connectivity index (χ0v) is 16.0. The predicted molar refractivity (Wildman–Crippen MR) is 98.5 cm³/mol. The Balaban J connectivity index is 2.54. The van der Waals surface area contributed by atoms with E-state index < -0.39 is 10.0 Å². The Bertz CT molecular complexity index is 634. The maximum Gasteiger partial charge on any atom is 0.232 e. The molecule has 0 spiro atoms. The van der Waals surface area contributed by atoms with Crippen LogP contribution < -0.4 is 14.4 Å². The van der Waals surface area contributed by atoms with Crippen LogP contribution >= 0.6 is 0 Å². The fourth-order valence-electron chi connectivity index (χ4n) is 2.32. The molecule has 1 aromatic carbocycles. The molecule has 25 heavy (non-hydrogen) atoms. The number of benzene rings is 1. The zero-order chi connectivity index (χ0) is 18.7. The molecule has 0 saturated heterocycles. The van der Waals surface area contributed by atoms with E-state index in [9.17, 15) is 13.2 Å². The molecule has 1 aromatic rings. The lowest BCUT2D eigenvalue weighted by molar-refractivity contribution is -0.121. The van der Waals surface area contributed by atoms with E-state index in [0.29, 0.717) is 37.6 Å². The third-order valence-corrected chi connectivity index (χ3v) is 4.69. The minimum Gasteiger partial charge on any atom is -0.495 e. The van der Waals surface area contributed by atoms with Crippen LogP contribution in [0.1, 0.15) is 26.2 Å². The van der Waals surface area contributed by atoms with Gasteiger partial charge < -0.3 is 14.8 Å². The first-order valence-electron chi connectivity index (χ1n) is 8.35. The van der Waals surface area contributed by atoms with Crippen LogP contribution in [0.25, 0.3) is 0 Å². The van der Waals surface area contributed by atoms with Crippen molar-refractivity contribution in [3.63, 3.8) is 0 Å². The first-order valence-corrected chi connectivity index (χ1v) is 10.2. The van der Waals surface area contributed by atoms with Crippen LogP contribution in [0.4, 0.5) is 5.69 Å². The van der Waals surface area contributed by atoms with E-state index in [-0.39, 0.29) is 18.9 Å². The van der Waals surface area contributed by atoms with Gasteiger partial charge in [-0.2, -0.15) is 0 Å². The SMILES string of the molecule is CCOCCCNC(=O)CCCN(c1ccccc1OC)S(C)(=O)=O. The quantitative estimate of drug-likeness (QED) is 0.566. The van der Waals surface area contributed by atoms with Crippen molar-refractivity contribution < 1.29 is 22.7 Å². The van der Waals surface area contributed by atoms with Crippen molar-refractivity contribution in [2.24, 2.45) is 0 Å². The van der Waals surface area contributed by atoms with Crippen molar-refractivity contribution in [3.05, 3.63) is 24.3 Å². The number of nitrogens with zero attached hydrogens (tertiary/aromatic N) is 1. The molecule has 0 heterocycles. The monoisotopic (exact) mass is 372 g/mol. The second-order valence-corrected chi connectivity index (χ2v) is 7.42. The van der Waals surface area contributed by atoms with E-state index in [2.05, 4.69) is 5.32 Å². The lowest BCUT2D eigenvalue weighted by Crippen LogP contribution is -2.32. The van der Waals surface area contributed by atoms with Gasteiger partial charge in [0, 0.05) is 32.7 Å². The fraction of sp³-hybridized carbons (Fsp3) is 0.588. The summed E-state index contributed by atoms with van der Waals surface area (Å²) in [6.07, 6.45) is 2.59. The number of para-hydroxylation sites is 2. The first kappa shape index (κ1) is 21.2. The second-order valence-electron chi connectivity index (χ2n) is 5.51. The number of methoxy groups -OCH3 is 1. The molecule has 0 aliphatic carbocycles. The highest BCUT2D eigenvalue weighted by molar-refractivity contribution is 7.92. The average molecular weight is 372 g/mol. The van der Waals surface area contributed by atoms with Crippen LogP contribution in [0.3, 0.4) is 0 Å². The lowest BCUT2D eigenvalue weighted by atomic mass is 10.2.